The van der Waals surface area contributed by atoms with Crippen molar-refractivity contribution in [2.45, 2.75) is 6.04 Å². The molecule has 2 rings (SSSR count). The van der Waals surface area contributed by atoms with Gasteiger partial charge in [0.05, 0.1) is 13.2 Å². The fraction of sp³-hybridized carbons (Fsp3) is 0.273. The molecule has 6 heteroatoms. The zero-order valence-electron chi connectivity index (χ0n) is 16.7. The summed E-state index contributed by atoms with van der Waals surface area (Å²) in [6.45, 7) is 0.451. The number of benzene rings is 2. The SMILES string of the molecule is CNC(=O)c1ccc(/C=C/C(=O)NCC(c2ccccc2OC)N(C)C)cc1. The van der Waals surface area contributed by atoms with Gasteiger partial charge in [-0.1, -0.05) is 30.3 Å². The van der Waals surface area contributed by atoms with Crippen LogP contribution in [-0.4, -0.2) is 51.5 Å². The summed E-state index contributed by atoms with van der Waals surface area (Å²) in [6, 6.07) is 14.8. The molecule has 0 spiro atoms. The maximum absolute atomic E-state index is 12.2. The van der Waals surface area contributed by atoms with Crippen LogP contribution in [0.15, 0.2) is 54.6 Å². The number of amides is 2. The molecule has 0 saturated heterocycles. The van der Waals surface area contributed by atoms with Gasteiger partial charge in [-0.3, -0.25) is 9.59 Å². The highest BCUT2D eigenvalue weighted by molar-refractivity contribution is 5.94. The molecule has 2 aromatic carbocycles. The Morgan fingerprint density at radius 2 is 1.79 bits per heavy atom. The van der Waals surface area contributed by atoms with Crippen molar-refractivity contribution < 1.29 is 14.3 Å². The number of nitrogens with one attached hydrogen (secondary N) is 2. The van der Waals surface area contributed by atoms with E-state index in [1.807, 2.05) is 43.3 Å². The van der Waals surface area contributed by atoms with Crippen LogP contribution in [-0.2, 0) is 4.79 Å². The minimum absolute atomic E-state index is 0.0136. The van der Waals surface area contributed by atoms with Crippen LogP contribution in [0.3, 0.4) is 0 Å². The van der Waals surface area contributed by atoms with E-state index in [0.717, 1.165) is 16.9 Å². The summed E-state index contributed by atoms with van der Waals surface area (Å²) in [5, 5.41) is 5.51. The summed E-state index contributed by atoms with van der Waals surface area (Å²) >= 11 is 0. The first-order chi connectivity index (χ1) is 13.5. The summed E-state index contributed by atoms with van der Waals surface area (Å²) in [6.07, 6.45) is 3.21. The van der Waals surface area contributed by atoms with Gasteiger partial charge in [0.1, 0.15) is 5.75 Å². The lowest BCUT2D eigenvalue weighted by atomic mass is 10.0. The second-order valence-corrected chi connectivity index (χ2v) is 6.50. The maximum atomic E-state index is 12.2. The molecule has 0 heterocycles. The third-order valence-corrected chi connectivity index (χ3v) is 4.42. The molecular formula is C22H27N3O3. The number of rotatable bonds is 8. The monoisotopic (exact) mass is 381 g/mol. The highest BCUT2D eigenvalue weighted by Crippen LogP contribution is 2.27. The Bertz CT molecular complexity index is 829. The number of hydrogen-bond acceptors (Lipinski definition) is 4. The van der Waals surface area contributed by atoms with Gasteiger partial charge in [-0.15, -0.1) is 0 Å². The van der Waals surface area contributed by atoms with Crippen LogP contribution in [0.5, 0.6) is 5.75 Å². The predicted molar refractivity (Wildman–Crippen MR) is 111 cm³/mol. The van der Waals surface area contributed by atoms with E-state index in [4.69, 9.17) is 4.74 Å². The van der Waals surface area contributed by atoms with E-state index in [-0.39, 0.29) is 17.9 Å². The molecule has 0 fully saturated rings. The molecule has 0 radical (unpaired) electrons. The minimum atomic E-state index is -0.183. The number of carbonyl (C=O) groups is 2. The zero-order valence-corrected chi connectivity index (χ0v) is 16.7. The van der Waals surface area contributed by atoms with Gasteiger partial charge in [0.25, 0.3) is 5.91 Å². The first kappa shape index (κ1) is 21.2. The Hall–Kier alpha value is -3.12. The normalized spacial score (nSPS) is 12.0. The van der Waals surface area contributed by atoms with Crippen molar-refractivity contribution >= 4 is 17.9 Å². The molecule has 0 bridgehead atoms. The van der Waals surface area contributed by atoms with Crippen LogP contribution in [0, 0.1) is 0 Å². The summed E-state index contributed by atoms with van der Waals surface area (Å²) in [4.78, 5) is 25.8. The molecule has 1 atom stereocenters. The predicted octanol–water partition coefficient (Wildman–Crippen LogP) is 2.49. The fourth-order valence-electron chi connectivity index (χ4n) is 2.83. The highest BCUT2D eigenvalue weighted by atomic mass is 16.5. The lowest BCUT2D eigenvalue weighted by molar-refractivity contribution is -0.116. The molecule has 28 heavy (non-hydrogen) atoms. The molecule has 0 aromatic heterocycles. The number of para-hydroxylation sites is 1. The van der Waals surface area contributed by atoms with Gasteiger partial charge in [0, 0.05) is 30.8 Å². The number of likely N-dealkylation sites (N-methyl/N-ethyl adjacent to an activating group) is 1. The van der Waals surface area contributed by atoms with Gasteiger partial charge in [-0.05, 0) is 43.9 Å². The molecule has 6 nitrogen and oxygen atoms in total. The van der Waals surface area contributed by atoms with Gasteiger partial charge in [-0.2, -0.15) is 0 Å². The van der Waals surface area contributed by atoms with Gasteiger partial charge in [0.15, 0.2) is 0 Å². The molecule has 2 aromatic rings. The third kappa shape index (κ3) is 5.69. The summed E-state index contributed by atoms with van der Waals surface area (Å²) in [7, 11) is 7.16. The Labute approximate surface area is 166 Å². The molecule has 0 aliphatic rings. The quantitative estimate of drug-likeness (QED) is 0.689. The van der Waals surface area contributed by atoms with Crippen LogP contribution >= 0.6 is 0 Å². The van der Waals surface area contributed by atoms with Crippen molar-refractivity contribution in [2.75, 3.05) is 34.8 Å². The zero-order chi connectivity index (χ0) is 20.5. The van der Waals surface area contributed by atoms with Crippen LogP contribution in [0.25, 0.3) is 6.08 Å². The van der Waals surface area contributed by atoms with E-state index < -0.39 is 0 Å². The van der Waals surface area contributed by atoms with Gasteiger partial charge < -0.3 is 20.3 Å². The van der Waals surface area contributed by atoms with Crippen LogP contribution in [0.1, 0.15) is 27.5 Å². The Balaban J connectivity index is 1.99. The van der Waals surface area contributed by atoms with Crippen molar-refractivity contribution in [3.05, 3.63) is 71.3 Å². The Kier molecular flexibility index (Phi) is 7.77. The van der Waals surface area contributed by atoms with Crippen molar-refractivity contribution in [1.82, 2.24) is 15.5 Å². The lowest BCUT2D eigenvalue weighted by Crippen LogP contribution is -2.33. The van der Waals surface area contributed by atoms with Gasteiger partial charge in [0.2, 0.25) is 5.91 Å². The smallest absolute Gasteiger partial charge is 0.251 e. The molecule has 1 unspecified atom stereocenters. The van der Waals surface area contributed by atoms with Crippen LogP contribution < -0.4 is 15.4 Å². The molecule has 0 aliphatic carbocycles. The summed E-state index contributed by atoms with van der Waals surface area (Å²) < 4.78 is 5.44. The summed E-state index contributed by atoms with van der Waals surface area (Å²) in [5.74, 6) is 0.471. The number of ether oxygens (including phenoxy) is 1. The van der Waals surface area contributed by atoms with Crippen molar-refractivity contribution in [3.63, 3.8) is 0 Å². The second-order valence-electron chi connectivity index (χ2n) is 6.50. The fourth-order valence-corrected chi connectivity index (χ4v) is 2.83. The third-order valence-electron chi connectivity index (χ3n) is 4.42. The van der Waals surface area contributed by atoms with Crippen molar-refractivity contribution in [1.29, 1.82) is 0 Å². The van der Waals surface area contributed by atoms with Crippen molar-refractivity contribution in [3.8, 4) is 5.75 Å². The number of methoxy groups -OCH3 is 1. The molecule has 2 amide bonds. The standard InChI is InChI=1S/C22H27N3O3/c1-23-22(27)17-12-9-16(10-13-17)11-14-21(26)24-15-19(25(2)3)18-7-5-6-8-20(18)28-4/h5-14,19H,15H2,1-4H3,(H,23,27)(H,24,26)/b14-11+. The lowest BCUT2D eigenvalue weighted by Gasteiger charge is -2.26. The summed E-state index contributed by atoms with van der Waals surface area (Å²) in [5.41, 5.74) is 2.44. The van der Waals surface area contributed by atoms with Crippen molar-refractivity contribution in [2.24, 2.45) is 0 Å². The largest absolute Gasteiger partial charge is 0.496 e. The second kappa shape index (κ2) is 10.3. The molecule has 2 N–H and O–H groups in total. The van der Waals surface area contributed by atoms with E-state index in [1.54, 1.807) is 44.5 Å². The molecular weight excluding hydrogens is 354 g/mol. The molecule has 148 valence electrons. The number of nitrogens with zero attached hydrogens (tertiary/aromatic N) is 1. The highest BCUT2D eigenvalue weighted by Gasteiger charge is 2.18. The van der Waals surface area contributed by atoms with E-state index in [9.17, 15) is 9.59 Å². The van der Waals surface area contributed by atoms with E-state index in [0.29, 0.717) is 12.1 Å². The topological polar surface area (TPSA) is 70.7 Å². The first-order valence-electron chi connectivity index (χ1n) is 9.03. The van der Waals surface area contributed by atoms with Gasteiger partial charge >= 0.3 is 0 Å². The average molecular weight is 381 g/mol. The average Bonchev–Trinajstić information content (AvgIpc) is 2.72. The number of carbonyl (C=O) groups excluding carboxylic acids is 2. The van der Waals surface area contributed by atoms with E-state index in [1.165, 1.54) is 6.08 Å². The van der Waals surface area contributed by atoms with E-state index in [2.05, 4.69) is 10.6 Å². The van der Waals surface area contributed by atoms with Crippen LogP contribution in [0.4, 0.5) is 0 Å². The Morgan fingerprint density at radius 3 is 2.39 bits per heavy atom. The van der Waals surface area contributed by atoms with E-state index >= 15 is 0 Å². The number of hydrogen-bond donors (Lipinski definition) is 2. The Morgan fingerprint density at radius 1 is 1.11 bits per heavy atom. The molecule has 0 saturated carbocycles. The minimum Gasteiger partial charge on any atom is -0.496 e. The first-order valence-corrected chi connectivity index (χ1v) is 9.03. The maximum Gasteiger partial charge on any atom is 0.251 e. The van der Waals surface area contributed by atoms with Gasteiger partial charge in [-0.25, -0.2) is 0 Å². The van der Waals surface area contributed by atoms with Crippen LogP contribution in [0.2, 0.25) is 0 Å². The molecule has 0 aliphatic heterocycles.